The van der Waals surface area contributed by atoms with Gasteiger partial charge in [-0.05, 0) is 31.0 Å². The molecule has 9 heteroatoms. The van der Waals surface area contributed by atoms with Gasteiger partial charge in [-0.15, -0.1) is 0 Å². The van der Waals surface area contributed by atoms with Crippen LogP contribution >= 0.6 is 11.8 Å². The highest BCUT2D eigenvalue weighted by atomic mass is 32.2. The van der Waals surface area contributed by atoms with Gasteiger partial charge in [-0.2, -0.15) is 11.8 Å². The summed E-state index contributed by atoms with van der Waals surface area (Å²) in [7, 11) is 1.65. The van der Waals surface area contributed by atoms with Gasteiger partial charge in [-0.25, -0.2) is 4.79 Å². The second-order valence-electron chi connectivity index (χ2n) is 7.07. The third-order valence-corrected chi connectivity index (χ3v) is 5.96. The highest BCUT2D eigenvalue weighted by molar-refractivity contribution is 8.00. The first-order chi connectivity index (χ1) is 13.9. The molecule has 2 unspecified atom stereocenters. The normalized spacial score (nSPS) is 17.2. The molecule has 0 spiro atoms. The zero-order valence-electron chi connectivity index (χ0n) is 16.9. The standard InChI is InChI=1S/C20H27NO7S/c1-13(8-15-4-5-17-18(9-15)26-12-25-17)21(3)20(23)28-14(2)27-19(22)6-7-24-16-10-29-11-16/h4-5,9,13-14,16H,6-8,10-12H2,1-3H3. The maximum absolute atomic E-state index is 12.3. The summed E-state index contributed by atoms with van der Waals surface area (Å²) in [5, 5.41) is 0. The molecule has 2 atom stereocenters. The van der Waals surface area contributed by atoms with Crippen molar-refractivity contribution in [1.82, 2.24) is 4.90 Å². The Bertz CT molecular complexity index is 725. The average molecular weight is 426 g/mol. The zero-order chi connectivity index (χ0) is 20.8. The molecule has 0 radical (unpaired) electrons. The number of thioether (sulfide) groups is 1. The number of benzene rings is 1. The van der Waals surface area contributed by atoms with Crippen molar-refractivity contribution in [3.8, 4) is 11.5 Å². The van der Waals surface area contributed by atoms with Gasteiger partial charge in [-0.3, -0.25) is 4.79 Å². The van der Waals surface area contributed by atoms with E-state index >= 15 is 0 Å². The third kappa shape index (κ3) is 6.17. The lowest BCUT2D eigenvalue weighted by Crippen LogP contribution is -2.39. The number of likely N-dealkylation sites (N-methyl/N-ethyl adjacent to an activating group) is 1. The molecule has 0 aliphatic carbocycles. The summed E-state index contributed by atoms with van der Waals surface area (Å²) in [6, 6.07) is 5.59. The number of rotatable bonds is 9. The highest BCUT2D eigenvalue weighted by Crippen LogP contribution is 2.33. The summed E-state index contributed by atoms with van der Waals surface area (Å²) in [6.45, 7) is 3.98. The fourth-order valence-electron chi connectivity index (χ4n) is 2.84. The molecular weight excluding hydrogens is 398 g/mol. The Hall–Kier alpha value is -2.13. The fourth-order valence-corrected chi connectivity index (χ4v) is 3.46. The number of hydrogen-bond donors (Lipinski definition) is 0. The van der Waals surface area contributed by atoms with E-state index in [2.05, 4.69) is 0 Å². The molecular formula is C20H27NO7S. The number of ether oxygens (including phenoxy) is 5. The van der Waals surface area contributed by atoms with E-state index in [1.165, 1.54) is 11.8 Å². The number of carbonyl (C=O) groups excluding carboxylic acids is 2. The summed E-state index contributed by atoms with van der Waals surface area (Å²) >= 11 is 1.82. The lowest BCUT2D eigenvalue weighted by atomic mass is 10.1. The first kappa shape index (κ1) is 21.6. The summed E-state index contributed by atoms with van der Waals surface area (Å²) < 4.78 is 26.6. The number of esters is 1. The van der Waals surface area contributed by atoms with E-state index in [1.54, 1.807) is 7.05 Å². The second kappa shape index (κ2) is 10.1. The van der Waals surface area contributed by atoms with Gasteiger partial charge in [0.2, 0.25) is 13.1 Å². The van der Waals surface area contributed by atoms with Crippen molar-refractivity contribution in [3.63, 3.8) is 0 Å². The molecule has 1 aromatic carbocycles. The van der Waals surface area contributed by atoms with Crippen LogP contribution in [0.5, 0.6) is 11.5 Å². The van der Waals surface area contributed by atoms with Crippen LogP contribution in [-0.4, -0.2) is 67.4 Å². The van der Waals surface area contributed by atoms with Gasteiger partial charge in [0.25, 0.3) is 0 Å². The molecule has 1 fully saturated rings. The Morgan fingerprint density at radius 3 is 2.69 bits per heavy atom. The quantitative estimate of drug-likeness (QED) is 0.441. The molecule has 3 rings (SSSR count). The lowest BCUT2D eigenvalue weighted by Gasteiger charge is -2.26. The molecule has 160 valence electrons. The first-order valence-corrected chi connectivity index (χ1v) is 10.8. The van der Waals surface area contributed by atoms with Crippen molar-refractivity contribution in [1.29, 1.82) is 0 Å². The maximum atomic E-state index is 12.3. The van der Waals surface area contributed by atoms with E-state index in [-0.39, 0.29) is 25.4 Å². The van der Waals surface area contributed by atoms with Crippen LogP contribution in [0.4, 0.5) is 4.79 Å². The van der Waals surface area contributed by atoms with E-state index < -0.39 is 18.4 Å². The summed E-state index contributed by atoms with van der Waals surface area (Å²) in [4.78, 5) is 25.6. The first-order valence-electron chi connectivity index (χ1n) is 9.63. The van der Waals surface area contributed by atoms with E-state index in [0.29, 0.717) is 18.8 Å². The molecule has 1 amide bonds. The van der Waals surface area contributed by atoms with E-state index in [1.807, 2.05) is 36.9 Å². The molecule has 1 aromatic rings. The Labute approximate surface area is 174 Å². The molecule has 0 N–H and O–H groups in total. The van der Waals surface area contributed by atoms with Crippen molar-refractivity contribution in [2.45, 2.75) is 45.1 Å². The minimum atomic E-state index is -0.963. The molecule has 2 aliphatic rings. The van der Waals surface area contributed by atoms with Crippen LogP contribution in [0.1, 0.15) is 25.8 Å². The van der Waals surface area contributed by atoms with Crippen molar-refractivity contribution < 1.29 is 33.3 Å². The predicted octanol–water partition coefficient (Wildman–Crippen LogP) is 2.83. The molecule has 8 nitrogen and oxygen atoms in total. The minimum absolute atomic E-state index is 0.125. The molecule has 0 saturated carbocycles. The van der Waals surface area contributed by atoms with Crippen LogP contribution in [0.15, 0.2) is 18.2 Å². The second-order valence-corrected chi connectivity index (χ2v) is 8.15. The Balaban J connectivity index is 1.38. The van der Waals surface area contributed by atoms with Crippen molar-refractivity contribution in [2.75, 3.05) is 32.0 Å². The molecule has 1 saturated heterocycles. The molecule has 0 bridgehead atoms. The number of fused-ring (bicyclic) bond motifs is 1. The zero-order valence-corrected chi connectivity index (χ0v) is 17.7. The Kier molecular flexibility index (Phi) is 7.49. The summed E-state index contributed by atoms with van der Waals surface area (Å²) in [5.74, 6) is 2.93. The van der Waals surface area contributed by atoms with Crippen molar-refractivity contribution >= 4 is 23.8 Å². The number of hydrogen-bond acceptors (Lipinski definition) is 8. The Morgan fingerprint density at radius 1 is 1.21 bits per heavy atom. The van der Waals surface area contributed by atoms with Crippen LogP contribution in [0.25, 0.3) is 0 Å². The van der Waals surface area contributed by atoms with E-state index in [0.717, 1.165) is 22.8 Å². The van der Waals surface area contributed by atoms with Gasteiger partial charge in [0.1, 0.15) is 0 Å². The van der Waals surface area contributed by atoms with Crippen LogP contribution < -0.4 is 9.47 Å². The monoisotopic (exact) mass is 425 g/mol. The summed E-state index contributed by atoms with van der Waals surface area (Å²) in [6.07, 6.45) is -0.522. The topological polar surface area (TPSA) is 83.5 Å². The van der Waals surface area contributed by atoms with Gasteiger partial charge in [-0.1, -0.05) is 6.07 Å². The average Bonchev–Trinajstić information content (AvgIpc) is 3.10. The predicted molar refractivity (Wildman–Crippen MR) is 107 cm³/mol. The summed E-state index contributed by atoms with van der Waals surface area (Å²) in [5.41, 5.74) is 1.02. The van der Waals surface area contributed by atoms with Gasteiger partial charge >= 0.3 is 12.1 Å². The van der Waals surface area contributed by atoms with Crippen LogP contribution in [0.2, 0.25) is 0 Å². The van der Waals surface area contributed by atoms with Crippen LogP contribution in [-0.2, 0) is 25.4 Å². The minimum Gasteiger partial charge on any atom is -0.454 e. The molecule has 2 heterocycles. The van der Waals surface area contributed by atoms with Gasteiger partial charge in [0.15, 0.2) is 11.5 Å². The highest BCUT2D eigenvalue weighted by Gasteiger charge is 2.23. The molecule has 29 heavy (non-hydrogen) atoms. The van der Waals surface area contributed by atoms with Gasteiger partial charge < -0.3 is 28.6 Å². The maximum Gasteiger partial charge on any atom is 0.412 e. The fraction of sp³-hybridized carbons (Fsp3) is 0.600. The van der Waals surface area contributed by atoms with Crippen molar-refractivity contribution in [3.05, 3.63) is 23.8 Å². The van der Waals surface area contributed by atoms with Gasteiger partial charge in [0, 0.05) is 31.5 Å². The van der Waals surface area contributed by atoms with Gasteiger partial charge in [0.05, 0.1) is 19.1 Å². The largest absolute Gasteiger partial charge is 0.454 e. The SMILES string of the molecule is CC(OC(=O)CCOC1CSC1)OC(=O)N(C)C(C)Cc1ccc2c(c1)OCO2. The van der Waals surface area contributed by atoms with E-state index in [9.17, 15) is 9.59 Å². The number of carbonyl (C=O) groups is 2. The smallest absolute Gasteiger partial charge is 0.412 e. The molecule has 0 aromatic heterocycles. The third-order valence-electron chi connectivity index (χ3n) is 4.75. The van der Waals surface area contributed by atoms with Crippen LogP contribution in [0.3, 0.4) is 0 Å². The van der Waals surface area contributed by atoms with Crippen LogP contribution in [0, 0.1) is 0 Å². The van der Waals surface area contributed by atoms with Crippen molar-refractivity contribution in [2.24, 2.45) is 0 Å². The number of amides is 1. The Morgan fingerprint density at radius 2 is 1.97 bits per heavy atom. The van der Waals surface area contributed by atoms with E-state index in [4.69, 9.17) is 23.7 Å². The lowest BCUT2D eigenvalue weighted by molar-refractivity contribution is -0.167. The number of nitrogens with zero attached hydrogens (tertiary/aromatic N) is 1. The molecule has 2 aliphatic heterocycles.